The smallest absolute Gasteiger partial charge is 0.0973 e. The van der Waals surface area contributed by atoms with E-state index in [4.69, 9.17) is 9.97 Å². The Morgan fingerprint density at radius 2 is 0.952 bits per heavy atom. The third-order valence-corrected chi connectivity index (χ3v) is 8.49. The topological polar surface area (TPSA) is 38.7 Å². The largest absolute Gasteiger partial charge is 0.255 e. The Hall–Kier alpha value is -5.67. The zero-order chi connectivity index (χ0) is 27.6. The molecule has 0 saturated heterocycles. The number of hydrogen-bond acceptors (Lipinski definition) is 3. The number of fused-ring (bicyclic) bond motifs is 6. The molecule has 1 aliphatic rings. The van der Waals surface area contributed by atoms with Crippen molar-refractivity contribution in [2.45, 2.75) is 0 Å². The van der Waals surface area contributed by atoms with Crippen molar-refractivity contribution < 1.29 is 0 Å². The van der Waals surface area contributed by atoms with Crippen LogP contribution in [-0.4, -0.2) is 15.0 Å². The maximum absolute atomic E-state index is 5.13. The minimum Gasteiger partial charge on any atom is -0.255 e. The van der Waals surface area contributed by atoms with Gasteiger partial charge in [0.2, 0.25) is 0 Å². The summed E-state index contributed by atoms with van der Waals surface area (Å²) in [6, 6.07) is 47.2. The molecule has 8 aromatic rings. The van der Waals surface area contributed by atoms with Gasteiger partial charge in [0.1, 0.15) is 0 Å². The molecule has 5 aromatic carbocycles. The molecule has 0 N–H and O–H groups in total. The van der Waals surface area contributed by atoms with Gasteiger partial charge in [-0.3, -0.25) is 4.98 Å². The van der Waals surface area contributed by atoms with Crippen molar-refractivity contribution in [2.24, 2.45) is 0 Å². The first-order valence-electron chi connectivity index (χ1n) is 14.2. The second kappa shape index (κ2) is 8.92. The normalized spacial score (nSPS) is 11.8. The third kappa shape index (κ3) is 3.44. The van der Waals surface area contributed by atoms with E-state index in [0.29, 0.717) is 0 Å². The molecule has 3 heterocycles. The van der Waals surface area contributed by atoms with Gasteiger partial charge in [-0.15, -0.1) is 0 Å². The van der Waals surface area contributed by atoms with E-state index in [0.717, 1.165) is 44.5 Å². The van der Waals surface area contributed by atoms with Gasteiger partial charge in [-0.2, -0.15) is 0 Å². The van der Waals surface area contributed by atoms with Gasteiger partial charge >= 0.3 is 0 Å². The van der Waals surface area contributed by atoms with Gasteiger partial charge < -0.3 is 0 Å². The van der Waals surface area contributed by atoms with Crippen LogP contribution in [0.1, 0.15) is 0 Å². The molecule has 0 bridgehead atoms. The molecule has 42 heavy (non-hydrogen) atoms. The quantitative estimate of drug-likeness (QED) is 0.212. The molecule has 0 spiro atoms. The Morgan fingerprint density at radius 1 is 0.357 bits per heavy atom. The van der Waals surface area contributed by atoms with Crippen LogP contribution in [0, 0.1) is 0 Å². The molecule has 9 rings (SSSR count). The molecule has 0 radical (unpaired) electrons. The lowest BCUT2D eigenvalue weighted by molar-refractivity contribution is 1.27. The number of aromatic nitrogens is 3. The zero-order valence-electron chi connectivity index (χ0n) is 22.6. The lowest BCUT2D eigenvalue weighted by Gasteiger charge is -2.11. The number of rotatable bonds is 3. The molecule has 3 aromatic heterocycles. The molecular weight excluding hydrogens is 510 g/mol. The highest BCUT2D eigenvalue weighted by Crippen LogP contribution is 2.49. The molecular formula is C39H23N3. The zero-order valence-corrected chi connectivity index (χ0v) is 22.6. The van der Waals surface area contributed by atoms with Crippen molar-refractivity contribution in [1.82, 2.24) is 15.0 Å². The number of hydrogen-bond donors (Lipinski definition) is 0. The fourth-order valence-electron chi connectivity index (χ4n) is 6.47. The lowest BCUT2D eigenvalue weighted by atomic mass is 9.93. The van der Waals surface area contributed by atoms with E-state index in [2.05, 4.69) is 114 Å². The van der Waals surface area contributed by atoms with Gasteiger partial charge in [-0.1, -0.05) is 109 Å². The summed E-state index contributed by atoms with van der Waals surface area (Å²) in [7, 11) is 0. The maximum Gasteiger partial charge on any atom is 0.0973 e. The fourth-order valence-corrected chi connectivity index (χ4v) is 6.47. The van der Waals surface area contributed by atoms with E-state index in [9.17, 15) is 0 Å². The third-order valence-electron chi connectivity index (χ3n) is 8.49. The van der Waals surface area contributed by atoms with Gasteiger partial charge in [0.05, 0.1) is 28.1 Å². The molecule has 1 aliphatic carbocycles. The SMILES string of the molecule is c1ccc(-c2ccc3ccc4ccc(-c5ccc(-c6ccc7c8c(cccc68)-c6ccccc6-7)cc5)nc4c3n2)nc1. The summed E-state index contributed by atoms with van der Waals surface area (Å²) in [5.74, 6) is 0. The predicted octanol–water partition coefficient (Wildman–Crippen LogP) is 9.98. The van der Waals surface area contributed by atoms with Crippen LogP contribution in [0.4, 0.5) is 0 Å². The summed E-state index contributed by atoms with van der Waals surface area (Å²) >= 11 is 0. The molecule has 0 amide bonds. The molecule has 0 saturated carbocycles. The molecule has 0 fully saturated rings. The number of benzene rings is 5. The van der Waals surface area contributed by atoms with Crippen LogP contribution in [-0.2, 0) is 0 Å². The van der Waals surface area contributed by atoms with Crippen LogP contribution in [0.5, 0.6) is 0 Å². The molecule has 3 nitrogen and oxygen atoms in total. The Labute approximate surface area is 242 Å². The number of pyridine rings is 3. The van der Waals surface area contributed by atoms with E-state index in [1.54, 1.807) is 6.20 Å². The van der Waals surface area contributed by atoms with Crippen LogP contribution in [0.25, 0.3) is 88.6 Å². The minimum absolute atomic E-state index is 0.848. The Balaban J connectivity index is 1.13. The average molecular weight is 534 g/mol. The highest BCUT2D eigenvalue weighted by molar-refractivity contribution is 6.18. The van der Waals surface area contributed by atoms with Gasteiger partial charge in [0.15, 0.2) is 0 Å². The van der Waals surface area contributed by atoms with Crippen molar-refractivity contribution in [1.29, 1.82) is 0 Å². The highest BCUT2D eigenvalue weighted by atomic mass is 14.8. The standard InChI is InChI=1S/C39H23N3/c1-2-7-30-29(6-1)32-9-5-8-31-28(19-20-33(30)37(31)32)24-11-13-25(14-12-24)34-21-17-26-15-16-27-18-22-36(35-10-3-4-23-40-35)42-39(27)38(26)41-34/h1-23H. The molecule has 0 aliphatic heterocycles. The van der Waals surface area contributed by atoms with E-state index in [-0.39, 0.29) is 0 Å². The molecule has 194 valence electrons. The van der Waals surface area contributed by atoms with Crippen LogP contribution >= 0.6 is 0 Å². The first kappa shape index (κ1) is 23.1. The molecule has 0 atom stereocenters. The average Bonchev–Trinajstić information content (AvgIpc) is 3.40. The highest BCUT2D eigenvalue weighted by Gasteiger charge is 2.22. The van der Waals surface area contributed by atoms with Gasteiger partial charge in [-0.05, 0) is 68.4 Å². The van der Waals surface area contributed by atoms with Crippen molar-refractivity contribution in [3.63, 3.8) is 0 Å². The summed E-state index contributed by atoms with van der Waals surface area (Å²) in [5, 5.41) is 4.78. The van der Waals surface area contributed by atoms with E-state index < -0.39 is 0 Å². The lowest BCUT2D eigenvalue weighted by Crippen LogP contribution is -1.92. The molecule has 3 heteroatoms. The monoisotopic (exact) mass is 533 g/mol. The first-order chi connectivity index (χ1) is 20.8. The predicted molar refractivity (Wildman–Crippen MR) is 173 cm³/mol. The van der Waals surface area contributed by atoms with Gasteiger partial charge in [0, 0.05) is 22.5 Å². The van der Waals surface area contributed by atoms with Crippen LogP contribution in [0.2, 0.25) is 0 Å². The van der Waals surface area contributed by atoms with E-state index in [1.165, 1.54) is 44.2 Å². The summed E-state index contributed by atoms with van der Waals surface area (Å²) in [5.41, 5.74) is 13.2. The van der Waals surface area contributed by atoms with Crippen molar-refractivity contribution in [3.8, 4) is 56.0 Å². The Kier molecular flexibility index (Phi) is 4.90. The Bertz CT molecular complexity index is 2310. The summed E-state index contributed by atoms with van der Waals surface area (Å²) in [4.78, 5) is 14.6. The van der Waals surface area contributed by atoms with Gasteiger partial charge in [0.25, 0.3) is 0 Å². The molecule has 0 unspecified atom stereocenters. The van der Waals surface area contributed by atoms with Crippen molar-refractivity contribution >= 4 is 32.6 Å². The van der Waals surface area contributed by atoms with E-state index >= 15 is 0 Å². The van der Waals surface area contributed by atoms with Crippen molar-refractivity contribution in [3.05, 3.63) is 140 Å². The summed E-state index contributed by atoms with van der Waals surface area (Å²) in [6.45, 7) is 0. The second-order valence-electron chi connectivity index (χ2n) is 10.8. The number of nitrogens with zero attached hydrogens (tertiary/aromatic N) is 3. The van der Waals surface area contributed by atoms with Crippen LogP contribution in [0.3, 0.4) is 0 Å². The maximum atomic E-state index is 5.13. The van der Waals surface area contributed by atoms with Crippen LogP contribution < -0.4 is 0 Å². The van der Waals surface area contributed by atoms with E-state index in [1.807, 2.05) is 24.3 Å². The second-order valence-corrected chi connectivity index (χ2v) is 10.8. The summed E-state index contributed by atoms with van der Waals surface area (Å²) < 4.78 is 0. The van der Waals surface area contributed by atoms with Crippen LogP contribution in [0.15, 0.2) is 140 Å². The minimum atomic E-state index is 0.848. The van der Waals surface area contributed by atoms with Gasteiger partial charge in [-0.25, -0.2) is 9.97 Å². The van der Waals surface area contributed by atoms with Crippen molar-refractivity contribution in [2.75, 3.05) is 0 Å². The summed E-state index contributed by atoms with van der Waals surface area (Å²) in [6.07, 6.45) is 1.80. The fraction of sp³-hybridized carbons (Fsp3) is 0. The first-order valence-corrected chi connectivity index (χ1v) is 14.2. The Morgan fingerprint density at radius 3 is 1.69 bits per heavy atom.